The number of carbonyl (C=O) groups is 2. The van der Waals surface area contributed by atoms with E-state index < -0.39 is 26.5 Å². The molecule has 0 amide bonds. The van der Waals surface area contributed by atoms with E-state index in [1.165, 1.54) is 315 Å². The Morgan fingerprint density at radius 2 is 0.621 bits per heavy atom. The predicted molar refractivity (Wildman–Crippen MR) is 377 cm³/mol. The highest BCUT2D eigenvalue weighted by Crippen LogP contribution is 2.43. The van der Waals surface area contributed by atoms with Crippen molar-refractivity contribution < 1.29 is 42.1 Å². The van der Waals surface area contributed by atoms with Crippen molar-refractivity contribution in [2.75, 3.05) is 47.5 Å². The molecule has 0 rings (SSSR count). The third-order valence-corrected chi connectivity index (χ3v) is 18.4. The van der Waals surface area contributed by atoms with Gasteiger partial charge in [-0.15, -0.1) is 0 Å². The zero-order valence-corrected chi connectivity index (χ0v) is 59.7. The lowest BCUT2D eigenvalue weighted by atomic mass is 10.0. The minimum absolute atomic E-state index is 0.0357. The summed E-state index contributed by atoms with van der Waals surface area (Å²) in [5.74, 6) is -0.771. The van der Waals surface area contributed by atoms with Crippen molar-refractivity contribution in [2.45, 2.75) is 399 Å². The summed E-state index contributed by atoms with van der Waals surface area (Å²) in [5, 5.41) is 0. The number of unbranched alkanes of at least 4 members (excludes halogenated alkanes) is 52. The van der Waals surface area contributed by atoms with Gasteiger partial charge in [-0.2, -0.15) is 0 Å². The van der Waals surface area contributed by atoms with Crippen molar-refractivity contribution in [3.63, 3.8) is 0 Å². The number of likely N-dealkylation sites (N-methyl/N-ethyl adjacent to an activating group) is 1. The first kappa shape index (κ1) is 85.2. The van der Waals surface area contributed by atoms with Crippen LogP contribution >= 0.6 is 7.82 Å². The maximum Gasteiger partial charge on any atom is 0.472 e. The van der Waals surface area contributed by atoms with Crippen LogP contribution in [0.5, 0.6) is 0 Å². The molecule has 0 saturated heterocycles. The van der Waals surface area contributed by atoms with Gasteiger partial charge in [-0.3, -0.25) is 18.6 Å². The SMILES string of the molecule is CCCCCCC/C=C\C/C=C\C/C=C\CCCCCCCCCCCCCCCCCCCCCCCCCCC(=O)OC(COC(=O)CCCCCCCCCCCCCCCCCCCCCCCCCC)COP(=O)(O)OCC[N+](C)(C)C. The number of quaternary nitrogens is 1. The van der Waals surface area contributed by atoms with Gasteiger partial charge in [-0.25, -0.2) is 4.57 Å². The molecule has 0 aliphatic carbocycles. The fraction of sp³-hybridized carbons (Fsp3) is 0.896. The van der Waals surface area contributed by atoms with Crippen LogP contribution in [0.15, 0.2) is 36.5 Å². The molecule has 87 heavy (non-hydrogen) atoms. The molecular weight excluding hydrogens is 1100 g/mol. The molecule has 0 aromatic heterocycles. The van der Waals surface area contributed by atoms with Crippen molar-refractivity contribution in [1.82, 2.24) is 0 Å². The fourth-order valence-corrected chi connectivity index (χ4v) is 12.3. The maximum atomic E-state index is 12.9. The van der Waals surface area contributed by atoms with E-state index in [9.17, 15) is 19.0 Å². The van der Waals surface area contributed by atoms with E-state index in [1.807, 2.05) is 21.1 Å². The van der Waals surface area contributed by atoms with Crippen molar-refractivity contribution in [2.24, 2.45) is 0 Å². The van der Waals surface area contributed by atoms with E-state index in [-0.39, 0.29) is 25.6 Å². The Morgan fingerprint density at radius 1 is 0.356 bits per heavy atom. The van der Waals surface area contributed by atoms with E-state index in [1.54, 1.807) is 0 Å². The first-order valence-corrected chi connectivity index (χ1v) is 39.7. The number of hydrogen-bond donors (Lipinski definition) is 1. The normalized spacial score (nSPS) is 13.2. The summed E-state index contributed by atoms with van der Waals surface area (Å²) < 4.78 is 34.8. The van der Waals surface area contributed by atoms with Crippen LogP contribution in [0.25, 0.3) is 0 Å². The molecule has 2 atom stereocenters. The number of nitrogens with zero attached hydrogens (tertiary/aromatic N) is 1. The number of allylic oxidation sites excluding steroid dienone is 6. The van der Waals surface area contributed by atoms with Gasteiger partial charge in [-0.05, 0) is 51.4 Å². The summed E-state index contributed by atoms with van der Waals surface area (Å²) in [6, 6.07) is 0. The van der Waals surface area contributed by atoms with Crippen LogP contribution in [0, 0.1) is 0 Å². The molecule has 0 aromatic carbocycles. The van der Waals surface area contributed by atoms with Gasteiger partial charge in [0.15, 0.2) is 6.10 Å². The van der Waals surface area contributed by atoms with Crippen LogP contribution in [-0.2, 0) is 32.7 Å². The topological polar surface area (TPSA) is 108 Å². The van der Waals surface area contributed by atoms with Crippen LogP contribution in [0.4, 0.5) is 0 Å². The summed E-state index contributed by atoms with van der Waals surface area (Å²) in [6.07, 6.45) is 88.5. The van der Waals surface area contributed by atoms with Gasteiger partial charge in [0.05, 0.1) is 27.7 Å². The number of phosphoric acid groups is 1. The Balaban J connectivity index is 3.90. The Hall–Kier alpha value is -1.77. The first-order chi connectivity index (χ1) is 42.5. The van der Waals surface area contributed by atoms with E-state index in [0.29, 0.717) is 23.9 Å². The van der Waals surface area contributed by atoms with Gasteiger partial charge in [0.2, 0.25) is 0 Å². The number of hydrogen-bond acceptors (Lipinski definition) is 7. The number of phosphoric ester groups is 1. The lowest BCUT2D eigenvalue weighted by Gasteiger charge is -2.24. The monoisotopic (exact) mass is 1250 g/mol. The van der Waals surface area contributed by atoms with Gasteiger partial charge in [-0.1, -0.05) is 365 Å². The second-order valence-electron chi connectivity index (χ2n) is 27.4. The fourth-order valence-electron chi connectivity index (χ4n) is 11.6. The molecule has 0 aliphatic heterocycles. The highest BCUT2D eigenvalue weighted by Gasteiger charge is 2.27. The molecule has 0 aliphatic rings. The van der Waals surface area contributed by atoms with Crippen LogP contribution in [-0.4, -0.2) is 74.9 Å². The second kappa shape index (κ2) is 68.6. The smallest absolute Gasteiger partial charge is 0.462 e. The van der Waals surface area contributed by atoms with E-state index in [4.69, 9.17) is 18.5 Å². The summed E-state index contributed by atoms with van der Waals surface area (Å²) in [5.41, 5.74) is 0. The van der Waals surface area contributed by atoms with Crippen molar-refractivity contribution in [1.29, 1.82) is 0 Å². The minimum atomic E-state index is -4.39. The average molecular weight is 1250 g/mol. The lowest BCUT2D eigenvalue weighted by Crippen LogP contribution is -2.37. The Morgan fingerprint density at radius 3 is 0.920 bits per heavy atom. The van der Waals surface area contributed by atoms with E-state index >= 15 is 0 Å². The van der Waals surface area contributed by atoms with Crippen molar-refractivity contribution in [3.8, 4) is 0 Å². The number of esters is 2. The molecule has 514 valence electrons. The largest absolute Gasteiger partial charge is 0.472 e. The summed E-state index contributed by atoms with van der Waals surface area (Å²) in [4.78, 5) is 35.9. The van der Waals surface area contributed by atoms with Crippen LogP contribution in [0.2, 0.25) is 0 Å². The van der Waals surface area contributed by atoms with Gasteiger partial charge >= 0.3 is 19.8 Å². The average Bonchev–Trinajstić information content (AvgIpc) is 3.68. The van der Waals surface area contributed by atoms with Crippen molar-refractivity contribution in [3.05, 3.63) is 36.5 Å². The molecule has 2 unspecified atom stereocenters. The van der Waals surface area contributed by atoms with E-state index in [2.05, 4.69) is 50.3 Å². The zero-order chi connectivity index (χ0) is 63.4. The molecule has 0 heterocycles. The second-order valence-corrected chi connectivity index (χ2v) is 28.9. The number of ether oxygens (including phenoxy) is 2. The molecule has 0 aromatic rings. The molecule has 9 nitrogen and oxygen atoms in total. The Bertz CT molecular complexity index is 1560. The molecule has 0 saturated carbocycles. The van der Waals surface area contributed by atoms with Crippen LogP contribution < -0.4 is 0 Å². The molecule has 0 bridgehead atoms. The molecule has 0 fully saturated rings. The van der Waals surface area contributed by atoms with Crippen LogP contribution in [0.3, 0.4) is 0 Å². The van der Waals surface area contributed by atoms with Gasteiger partial charge in [0.25, 0.3) is 0 Å². The standard InChI is InChI=1S/C77H148NO8P/c1-6-8-10-12-14-16-18-20-22-24-26-28-30-32-33-34-35-36-37-38-39-40-41-42-43-44-45-46-48-50-52-54-56-58-60-62-64-66-68-70-77(80)86-75(74-85-87(81,82)84-72-71-78(3,4)5)73-83-76(79)69-67-65-63-61-59-57-55-53-51-49-47-31-29-27-25-23-21-19-17-15-13-11-9-7-2/h18,20,24,26,30,32,75H,6-17,19,21-23,25,27-29,31,33-74H2,1-5H3/p+1/b20-18-,26-24-,32-30-. The third-order valence-electron chi connectivity index (χ3n) is 17.4. The quantitative estimate of drug-likeness (QED) is 0.0211. The van der Waals surface area contributed by atoms with E-state index in [0.717, 1.165) is 44.9 Å². The summed E-state index contributed by atoms with van der Waals surface area (Å²) in [6.45, 7) is 4.50. The number of rotatable bonds is 72. The lowest BCUT2D eigenvalue weighted by molar-refractivity contribution is -0.870. The van der Waals surface area contributed by atoms with Gasteiger partial charge in [0.1, 0.15) is 19.8 Å². The minimum Gasteiger partial charge on any atom is -0.462 e. The first-order valence-electron chi connectivity index (χ1n) is 38.2. The Labute approximate surface area is 541 Å². The van der Waals surface area contributed by atoms with Crippen LogP contribution in [0.1, 0.15) is 393 Å². The van der Waals surface area contributed by atoms with Gasteiger partial charge < -0.3 is 18.9 Å². The number of carbonyl (C=O) groups excluding carboxylic acids is 2. The maximum absolute atomic E-state index is 12.9. The zero-order valence-electron chi connectivity index (χ0n) is 58.8. The summed E-state index contributed by atoms with van der Waals surface area (Å²) >= 11 is 0. The Kier molecular flexibility index (Phi) is 67.2. The molecular formula is C77H149NO8P+. The predicted octanol–water partition coefficient (Wildman–Crippen LogP) is 25.0. The summed E-state index contributed by atoms with van der Waals surface area (Å²) in [7, 11) is 1.50. The highest BCUT2D eigenvalue weighted by molar-refractivity contribution is 7.47. The van der Waals surface area contributed by atoms with Gasteiger partial charge in [0, 0.05) is 12.8 Å². The third kappa shape index (κ3) is 73.2. The molecule has 10 heteroatoms. The molecule has 0 spiro atoms. The van der Waals surface area contributed by atoms with Crippen molar-refractivity contribution >= 4 is 19.8 Å². The highest BCUT2D eigenvalue weighted by atomic mass is 31.2. The molecule has 1 N–H and O–H groups in total. The molecule has 0 radical (unpaired) electrons.